The van der Waals surface area contributed by atoms with Crippen LogP contribution in [0, 0.1) is 5.92 Å². The number of nitrogens with two attached hydrogens (primary N) is 1. The maximum atomic E-state index is 12.3. The maximum absolute atomic E-state index is 12.3. The van der Waals surface area contributed by atoms with Gasteiger partial charge in [-0.05, 0) is 30.9 Å². The first-order valence-electron chi connectivity index (χ1n) is 6.65. The third-order valence-corrected chi connectivity index (χ3v) is 3.53. The zero-order chi connectivity index (χ0) is 14.1. The Hall–Kier alpha value is -2.37. The highest BCUT2D eigenvalue weighted by Crippen LogP contribution is 2.40. The summed E-state index contributed by atoms with van der Waals surface area (Å²) in [6.45, 7) is 0. The van der Waals surface area contributed by atoms with Crippen LogP contribution < -0.4 is 11.1 Å². The quantitative estimate of drug-likeness (QED) is 0.877. The fourth-order valence-electron chi connectivity index (χ4n) is 2.29. The molecule has 104 valence electrons. The number of nitrogens with one attached hydrogen (secondary N) is 1. The number of hydrogen-bond donors (Lipinski definition) is 2. The molecule has 0 unspecified atom stereocenters. The summed E-state index contributed by atoms with van der Waals surface area (Å²) < 4.78 is 1.94. The van der Waals surface area contributed by atoms with E-state index in [2.05, 4.69) is 15.3 Å². The van der Waals surface area contributed by atoms with Crippen LogP contribution in [0.25, 0.3) is 0 Å². The summed E-state index contributed by atoms with van der Waals surface area (Å²) in [7, 11) is 1.93. The number of nitrogens with zero attached hydrogens (tertiary/aromatic N) is 3. The fourth-order valence-corrected chi connectivity index (χ4v) is 2.29. The standard InChI is InChI=1S/C14H17N5O/c1-19-7-6-17-13(19)12(9-2-3-9)18-14(20)11-8-10(15)4-5-16-11/h4-9,12H,2-3H2,1H3,(H2,15,16)(H,18,20)/t12-/m1/s1. The number of hydrogen-bond acceptors (Lipinski definition) is 4. The summed E-state index contributed by atoms with van der Waals surface area (Å²) >= 11 is 0. The Balaban J connectivity index is 1.81. The SMILES string of the molecule is Cn1ccnc1[C@H](NC(=O)c1cc(N)ccn1)C1CC1. The van der Waals surface area contributed by atoms with Crippen LogP contribution in [0.5, 0.6) is 0 Å². The van der Waals surface area contributed by atoms with E-state index in [0.717, 1.165) is 18.7 Å². The van der Waals surface area contributed by atoms with Crippen molar-refractivity contribution in [2.75, 3.05) is 5.73 Å². The summed E-state index contributed by atoms with van der Waals surface area (Å²) in [5.74, 6) is 1.13. The lowest BCUT2D eigenvalue weighted by molar-refractivity contribution is 0.0924. The van der Waals surface area contributed by atoms with Crippen LogP contribution in [0.2, 0.25) is 0 Å². The number of aryl methyl sites for hydroxylation is 1. The van der Waals surface area contributed by atoms with Crippen molar-refractivity contribution in [1.82, 2.24) is 19.9 Å². The molecule has 1 atom stereocenters. The number of aromatic nitrogens is 3. The van der Waals surface area contributed by atoms with Crippen LogP contribution in [0.15, 0.2) is 30.7 Å². The molecule has 0 spiro atoms. The van der Waals surface area contributed by atoms with E-state index in [1.54, 1.807) is 18.3 Å². The number of anilines is 1. The molecular weight excluding hydrogens is 254 g/mol. The topological polar surface area (TPSA) is 85.8 Å². The van der Waals surface area contributed by atoms with Crippen molar-refractivity contribution in [3.63, 3.8) is 0 Å². The van der Waals surface area contributed by atoms with E-state index < -0.39 is 0 Å². The maximum Gasteiger partial charge on any atom is 0.270 e. The van der Waals surface area contributed by atoms with Gasteiger partial charge >= 0.3 is 0 Å². The number of imidazole rings is 1. The molecule has 3 N–H and O–H groups in total. The number of rotatable bonds is 4. The van der Waals surface area contributed by atoms with Crippen LogP contribution in [0.4, 0.5) is 5.69 Å². The largest absolute Gasteiger partial charge is 0.399 e. The molecule has 0 aromatic carbocycles. The lowest BCUT2D eigenvalue weighted by atomic mass is 10.1. The van der Waals surface area contributed by atoms with Crippen molar-refractivity contribution >= 4 is 11.6 Å². The first-order chi connectivity index (χ1) is 9.65. The molecule has 3 rings (SSSR count). The zero-order valence-corrected chi connectivity index (χ0v) is 11.3. The number of amides is 1. The molecule has 1 aliphatic rings. The average Bonchev–Trinajstić information content (AvgIpc) is 3.18. The van der Waals surface area contributed by atoms with E-state index in [-0.39, 0.29) is 11.9 Å². The van der Waals surface area contributed by atoms with Gasteiger partial charge in [0.2, 0.25) is 0 Å². The molecule has 6 nitrogen and oxygen atoms in total. The van der Waals surface area contributed by atoms with Crippen LogP contribution in [-0.2, 0) is 7.05 Å². The third kappa shape index (κ3) is 2.49. The van der Waals surface area contributed by atoms with Gasteiger partial charge in [0, 0.05) is 31.3 Å². The van der Waals surface area contributed by atoms with Gasteiger partial charge in [-0.1, -0.05) is 0 Å². The second kappa shape index (κ2) is 4.96. The number of carbonyl (C=O) groups excluding carboxylic acids is 1. The summed E-state index contributed by atoms with van der Waals surface area (Å²) in [6, 6.07) is 3.18. The molecular formula is C14H17N5O. The summed E-state index contributed by atoms with van der Waals surface area (Å²) in [5.41, 5.74) is 6.55. The molecule has 2 aromatic heterocycles. The van der Waals surface area contributed by atoms with E-state index in [4.69, 9.17) is 5.73 Å². The van der Waals surface area contributed by atoms with Crippen molar-refractivity contribution in [3.05, 3.63) is 42.2 Å². The molecule has 0 aliphatic heterocycles. The highest BCUT2D eigenvalue weighted by Gasteiger charge is 2.36. The first-order valence-corrected chi connectivity index (χ1v) is 6.65. The lowest BCUT2D eigenvalue weighted by Crippen LogP contribution is -2.32. The summed E-state index contributed by atoms with van der Waals surface area (Å²) in [5, 5.41) is 3.03. The fraction of sp³-hybridized carbons (Fsp3) is 0.357. The second-order valence-electron chi connectivity index (χ2n) is 5.16. The first kappa shape index (κ1) is 12.7. The van der Waals surface area contributed by atoms with Gasteiger partial charge in [-0.2, -0.15) is 0 Å². The van der Waals surface area contributed by atoms with Gasteiger partial charge in [-0.15, -0.1) is 0 Å². The summed E-state index contributed by atoms with van der Waals surface area (Å²) in [4.78, 5) is 20.7. The molecule has 1 fully saturated rings. The molecule has 0 bridgehead atoms. The molecule has 1 saturated carbocycles. The van der Waals surface area contributed by atoms with Crippen LogP contribution in [-0.4, -0.2) is 20.4 Å². The number of nitrogen functional groups attached to an aromatic ring is 1. The number of carbonyl (C=O) groups is 1. The van der Waals surface area contributed by atoms with Gasteiger partial charge in [0.05, 0.1) is 6.04 Å². The van der Waals surface area contributed by atoms with Crippen molar-refractivity contribution in [1.29, 1.82) is 0 Å². The zero-order valence-electron chi connectivity index (χ0n) is 11.3. The highest BCUT2D eigenvalue weighted by molar-refractivity contribution is 5.93. The molecule has 6 heteroatoms. The Kier molecular flexibility index (Phi) is 3.14. The molecule has 1 aliphatic carbocycles. The van der Waals surface area contributed by atoms with Gasteiger partial charge in [0.1, 0.15) is 11.5 Å². The van der Waals surface area contributed by atoms with Crippen LogP contribution in [0.1, 0.15) is 35.2 Å². The van der Waals surface area contributed by atoms with Crippen molar-refractivity contribution in [2.45, 2.75) is 18.9 Å². The van der Waals surface area contributed by atoms with E-state index in [1.165, 1.54) is 6.20 Å². The van der Waals surface area contributed by atoms with Gasteiger partial charge in [-0.25, -0.2) is 4.98 Å². The smallest absolute Gasteiger partial charge is 0.270 e. The van der Waals surface area contributed by atoms with Crippen molar-refractivity contribution < 1.29 is 4.79 Å². The molecule has 2 aromatic rings. The number of pyridine rings is 1. The average molecular weight is 271 g/mol. The van der Waals surface area contributed by atoms with Gasteiger partial charge in [0.15, 0.2) is 0 Å². The van der Waals surface area contributed by atoms with Crippen LogP contribution in [0.3, 0.4) is 0 Å². The van der Waals surface area contributed by atoms with E-state index in [9.17, 15) is 4.79 Å². The van der Waals surface area contributed by atoms with E-state index in [0.29, 0.717) is 17.3 Å². The minimum Gasteiger partial charge on any atom is -0.399 e. The third-order valence-electron chi connectivity index (χ3n) is 3.53. The molecule has 2 heterocycles. The molecule has 1 amide bonds. The Labute approximate surface area is 117 Å². The Bertz CT molecular complexity index is 632. The van der Waals surface area contributed by atoms with Crippen LogP contribution >= 0.6 is 0 Å². The predicted octanol–water partition coefficient (Wildman–Crippen LogP) is 1.28. The van der Waals surface area contributed by atoms with E-state index in [1.807, 2.05) is 17.8 Å². The summed E-state index contributed by atoms with van der Waals surface area (Å²) in [6.07, 6.45) is 7.40. The van der Waals surface area contributed by atoms with Crippen molar-refractivity contribution in [2.24, 2.45) is 13.0 Å². The molecule has 20 heavy (non-hydrogen) atoms. The Morgan fingerprint density at radius 2 is 2.25 bits per heavy atom. The monoisotopic (exact) mass is 271 g/mol. The van der Waals surface area contributed by atoms with Gasteiger partial charge in [0.25, 0.3) is 5.91 Å². The minimum absolute atomic E-state index is 0.0641. The normalized spacial score (nSPS) is 15.8. The Morgan fingerprint density at radius 3 is 2.85 bits per heavy atom. The highest BCUT2D eigenvalue weighted by atomic mass is 16.2. The van der Waals surface area contributed by atoms with Gasteiger partial charge in [-0.3, -0.25) is 9.78 Å². The van der Waals surface area contributed by atoms with Gasteiger partial charge < -0.3 is 15.6 Å². The van der Waals surface area contributed by atoms with Crippen molar-refractivity contribution in [3.8, 4) is 0 Å². The predicted molar refractivity (Wildman–Crippen MR) is 74.8 cm³/mol. The Morgan fingerprint density at radius 1 is 1.45 bits per heavy atom. The minimum atomic E-state index is -0.211. The molecule has 0 saturated heterocycles. The lowest BCUT2D eigenvalue weighted by Gasteiger charge is -2.17. The second-order valence-corrected chi connectivity index (χ2v) is 5.16. The molecule has 0 radical (unpaired) electrons. The van der Waals surface area contributed by atoms with E-state index >= 15 is 0 Å².